The van der Waals surface area contributed by atoms with Crippen molar-refractivity contribution < 1.29 is 19.0 Å². The van der Waals surface area contributed by atoms with Gasteiger partial charge in [0.25, 0.3) is 5.91 Å². The van der Waals surface area contributed by atoms with Crippen LogP contribution in [0.15, 0.2) is 18.2 Å². The van der Waals surface area contributed by atoms with Crippen LogP contribution < -0.4 is 14.8 Å². The molecule has 0 spiro atoms. The molecule has 1 aromatic rings. The molecule has 0 unspecified atom stereocenters. The molecule has 128 valence electrons. The van der Waals surface area contributed by atoms with Gasteiger partial charge >= 0.3 is 0 Å². The van der Waals surface area contributed by atoms with Crippen molar-refractivity contribution in [2.45, 2.75) is 44.6 Å². The topological polar surface area (TPSA) is 56.8 Å². The van der Waals surface area contributed by atoms with Crippen LogP contribution in [0.3, 0.4) is 0 Å². The summed E-state index contributed by atoms with van der Waals surface area (Å²) in [6.07, 6.45) is 7.46. The van der Waals surface area contributed by atoms with E-state index >= 15 is 0 Å². The number of nitrogens with one attached hydrogen (secondary N) is 1. The van der Waals surface area contributed by atoms with Crippen LogP contribution in [0.5, 0.6) is 11.5 Å². The van der Waals surface area contributed by atoms with E-state index in [2.05, 4.69) is 5.32 Å². The molecule has 5 nitrogen and oxygen atoms in total. The first-order valence-electron chi connectivity index (χ1n) is 8.37. The molecule has 1 aliphatic rings. The lowest BCUT2D eigenvalue weighted by Gasteiger charge is -2.21. The summed E-state index contributed by atoms with van der Waals surface area (Å²) in [6.45, 7) is 1.28. The number of carbonyl (C=O) groups is 1. The van der Waals surface area contributed by atoms with Crippen molar-refractivity contribution in [3.8, 4) is 11.5 Å². The van der Waals surface area contributed by atoms with Crippen molar-refractivity contribution in [3.05, 3.63) is 23.8 Å². The molecular weight excluding hydrogens is 294 g/mol. The first kappa shape index (κ1) is 17.6. The second-order valence-corrected chi connectivity index (χ2v) is 5.78. The van der Waals surface area contributed by atoms with Crippen LogP contribution in [-0.4, -0.2) is 39.4 Å². The number of amides is 1. The number of ether oxygens (including phenoxy) is 3. The first-order valence-corrected chi connectivity index (χ1v) is 8.37. The summed E-state index contributed by atoms with van der Waals surface area (Å²) < 4.78 is 16.4. The maximum atomic E-state index is 12.3. The SMILES string of the molecule is COc1cccc(C(=O)NCCCOC2CCCCC2)c1OC. The number of hydrogen-bond acceptors (Lipinski definition) is 4. The van der Waals surface area contributed by atoms with E-state index in [4.69, 9.17) is 14.2 Å². The normalized spacial score (nSPS) is 15.2. The zero-order chi connectivity index (χ0) is 16.5. The van der Waals surface area contributed by atoms with Crippen molar-refractivity contribution in [1.29, 1.82) is 0 Å². The number of rotatable bonds is 8. The highest BCUT2D eigenvalue weighted by Gasteiger charge is 2.16. The monoisotopic (exact) mass is 321 g/mol. The van der Waals surface area contributed by atoms with Crippen LogP contribution in [0.2, 0.25) is 0 Å². The molecule has 1 fully saturated rings. The largest absolute Gasteiger partial charge is 0.493 e. The molecule has 1 aliphatic carbocycles. The van der Waals surface area contributed by atoms with Crippen LogP contribution in [0, 0.1) is 0 Å². The highest BCUT2D eigenvalue weighted by molar-refractivity contribution is 5.97. The third kappa shape index (κ3) is 5.13. The van der Waals surface area contributed by atoms with E-state index in [0.717, 1.165) is 6.42 Å². The number of carbonyl (C=O) groups excluding carboxylic acids is 1. The molecule has 1 N–H and O–H groups in total. The third-order valence-corrected chi connectivity index (χ3v) is 4.16. The molecule has 23 heavy (non-hydrogen) atoms. The van der Waals surface area contributed by atoms with Crippen molar-refractivity contribution in [2.75, 3.05) is 27.4 Å². The van der Waals surface area contributed by atoms with E-state index in [0.29, 0.717) is 36.3 Å². The van der Waals surface area contributed by atoms with Gasteiger partial charge < -0.3 is 19.5 Å². The van der Waals surface area contributed by atoms with Crippen LogP contribution >= 0.6 is 0 Å². The Kier molecular flexibility index (Phi) is 7.20. The summed E-state index contributed by atoms with van der Waals surface area (Å²) >= 11 is 0. The molecule has 0 bridgehead atoms. The van der Waals surface area contributed by atoms with Gasteiger partial charge in [-0.05, 0) is 31.4 Å². The summed E-state index contributed by atoms with van der Waals surface area (Å²) in [7, 11) is 3.09. The Morgan fingerprint density at radius 3 is 2.65 bits per heavy atom. The van der Waals surface area contributed by atoms with Crippen LogP contribution in [0.1, 0.15) is 48.9 Å². The zero-order valence-electron chi connectivity index (χ0n) is 14.1. The van der Waals surface area contributed by atoms with E-state index in [9.17, 15) is 4.79 Å². The number of benzene rings is 1. The first-order chi connectivity index (χ1) is 11.3. The molecule has 0 atom stereocenters. The summed E-state index contributed by atoms with van der Waals surface area (Å²) in [4.78, 5) is 12.3. The quantitative estimate of drug-likeness (QED) is 0.747. The van der Waals surface area contributed by atoms with Gasteiger partial charge in [0.15, 0.2) is 11.5 Å². The molecular formula is C18H27NO4. The van der Waals surface area contributed by atoms with Crippen molar-refractivity contribution in [1.82, 2.24) is 5.32 Å². The van der Waals surface area contributed by atoms with Crippen molar-refractivity contribution >= 4 is 5.91 Å². The van der Waals surface area contributed by atoms with Crippen molar-refractivity contribution in [2.24, 2.45) is 0 Å². The molecule has 1 aromatic carbocycles. The standard InChI is InChI=1S/C18H27NO4/c1-21-16-11-6-10-15(17(16)22-2)18(20)19-12-7-13-23-14-8-4-3-5-9-14/h6,10-11,14H,3-5,7-9,12-13H2,1-2H3,(H,19,20). The molecule has 5 heteroatoms. The molecule has 0 heterocycles. The van der Waals surface area contributed by atoms with Crippen molar-refractivity contribution in [3.63, 3.8) is 0 Å². The van der Waals surface area contributed by atoms with Gasteiger partial charge in [0.05, 0.1) is 25.9 Å². The second kappa shape index (κ2) is 9.40. The highest BCUT2D eigenvalue weighted by Crippen LogP contribution is 2.30. The minimum atomic E-state index is -0.154. The second-order valence-electron chi connectivity index (χ2n) is 5.78. The Morgan fingerprint density at radius 2 is 1.96 bits per heavy atom. The lowest BCUT2D eigenvalue weighted by Crippen LogP contribution is -2.26. The molecule has 0 saturated heterocycles. The average molecular weight is 321 g/mol. The average Bonchev–Trinajstić information content (AvgIpc) is 2.61. The van der Waals surface area contributed by atoms with E-state index in [-0.39, 0.29) is 5.91 Å². The minimum absolute atomic E-state index is 0.154. The van der Waals surface area contributed by atoms with Crippen LogP contribution in [0.4, 0.5) is 0 Å². The predicted octanol–water partition coefficient (Wildman–Crippen LogP) is 3.17. The van der Waals surface area contributed by atoms with Gasteiger partial charge in [0.1, 0.15) is 0 Å². The molecule has 1 saturated carbocycles. The lowest BCUT2D eigenvalue weighted by molar-refractivity contribution is 0.0273. The fourth-order valence-corrected chi connectivity index (χ4v) is 2.92. The maximum Gasteiger partial charge on any atom is 0.255 e. The molecule has 2 rings (SSSR count). The van der Waals surface area contributed by atoms with Gasteiger partial charge in [-0.1, -0.05) is 25.3 Å². The van der Waals surface area contributed by atoms with Crippen LogP contribution in [-0.2, 0) is 4.74 Å². The fraction of sp³-hybridized carbons (Fsp3) is 0.611. The van der Waals surface area contributed by atoms with Gasteiger partial charge in [-0.2, -0.15) is 0 Å². The minimum Gasteiger partial charge on any atom is -0.493 e. The maximum absolute atomic E-state index is 12.3. The third-order valence-electron chi connectivity index (χ3n) is 4.16. The Bertz CT molecular complexity index is 498. The Balaban J connectivity index is 1.74. The van der Waals surface area contributed by atoms with E-state index in [1.807, 2.05) is 0 Å². The van der Waals surface area contributed by atoms with Gasteiger partial charge in [0.2, 0.25) is 0 Å². The molecule has 0 aromatic heterocycles. The van der Waals surface area contributed by atoms with E-state index < -0.39 is 0 Å². The number of para-hydroxylation sites is 1. The molecule has 1 amide bonds. The Labute approximate surface area is 138 Å². The summed E-state index contributed by atoms with van der Waals surface area (Å²) in [5, 5.41) is 2.91. The Hall–Kier alpha value is -1.75. The summed E-state index contributed by atoms with van der Waals surface area (Å²) in [6, 6.07) is 5.28. The van der Waals surface area contributed by atoms with Gasteiger partial charge in [0, 0.05) is 13.2 Å². The van der Waals surface area contributed by atoms with E-state index in [1.54, 1.807) is 25.3 Å². The van der Waals surface area contributed by atoms with Gasteiger partial charge in [-0.3, -0.25) is 4.79 Å². The van der Waals surface area contributed by atoms with Gasteiger partial charge in [-0.25, -0.2) is 0 Å². The highest BCUT2D eigenvalue weighted by atomic mass is 16.5. The number of hydrogen-bond donors (Lipinski definition) is 1. The fourth-order valence-electron chi connectivity index (χ4n) is 2.92. The lowest BCUT2D eigenvalue weighted by atomic mass is 9.98. The number of methoxy groups -OCH3 is 2. The zero-order valence-corrected chi connectivity index (χ0v) is 14.1. The van der Waals surface area contributed by atoms with Gasteiger partial charge in [-0.15, -0.1) is 0 Å². The predicted molar refractivity (Wildman–Crippen MR) is 89.3 cm³/mol. The summed E-state index contributed by atoms with van der Waals surface area (Å²) in [5.41, 5.74) is 0.486. The Morgan fingerprint density at radius 1 is 1.17 bits per heavy atom. The summed E-state index contributed by atoms with van der Waals surface area (Å²) in [5.74, 6) is 0.866. The molecule has 0 radical (unpaired) electrons. The smallest absolute Gasteiger partial charge is 0.255 e. The molecule has 0 aliphatic heterocycles. The van der Waals surface area contributed by atoms with E-state index in [1.165, 1.54) is 39.2 Å². The van der Waals surface area contributed by atoms with Crippen LogP contribution in [0.25, 0.3) is 0 Å².